The van der Waals surface area contributed by atoms with Crippen LogP contribution in [0.15, 0.2) is 78.9 Å². The molecule has 2 saturated heterocycles. The highest BCUT2D eigenvalue weighted by Crippen LogP contribution is 2.68. The zero-order valence-corrected chi connectivity index (χ0v) is 40.9. The maximum Gasteiger partial charge on any atom is 0.344 e. The van der Waals surface area contributed by atoms with Gasteiger partial charge >= 0.3 is 23.9 Å². The third-order valence-electron chi connectivity index (χ3n) is 17.3. The van der Waals surface area contributed by atoms with Gasteiger partial charge in [-0.25, -0.2) is 9.59 Å². The van der Waals surface area contributed by atoms with Crippen LogP contribution in [0.25, 0.3) is 10.9 Å². The molecule has 1 aliphatic carbocycles. The molecule has 4 aromatic rings. The summed E-state index contributed by atoms with van der Waals surface area (Å²) in [6.07, 6.45) is 6.00. The van der Waals surface area contributed by atoms with Crippen molar-refractivity contribution in [2.24, 2.45) is 11.3 Å². The molecular formula is C54H66N6O9. The number of amides is 2. The SMILES string of the molecule is CC[C@]1(NC(=O)NCc2ccccc2)C[C@H]2CN(CCc3c([nH]c4ccccc34)[C@@](C(=O)OC)(c3cc4c(cc3OC)N(C)[C@H]3[C@@](O)(C(=O)OC)[C@H](OC(C)=O)[C@]5(CC)C=CCN6CC[C@]43[C@@H]65)C2)C1. The van der Waals surface area contributed by atoms with Crippen LogP contribution in [0.1, 0.15) is 80.8 Å². The number of hydrogen-bond acceptors (Lipinski definition) is 12. The number of piperidine rings is 1. The fourth-order valence-electron chi connectivity index (χ4n) is 14.8. The van der Waals surface area contributed by atoms with E-state index in [0.29, 0.717) is 89.1 Å². The first-order valence-electron chi connectivity index (χ1n) is 24.6. The minimum Gasteiger partial charge on any atom is -0.496 e. The molecule has 3 aromatic carbocycles. The van der Waals surface area contributed by atoms with Crippen LogP contribution in [0.2, 0.25) is 0 Å². The van der Waals surface area contributed by atoms with E-state index in [1.807, 2.05) is 73.5 Å². The largest absolute Gasteiger partial charge is 0.496 e. The lowest BCUT2D eigenvalue weighted by atomic mass is 9.47. The van der Waals surface area contributed by atoms with Crippen LogP contribution in [0, 0.1) is 11.3 Å². The van der Waals surface area contributed by atoms with Crippen LogP contribution in [-0.2, 0) is 52.4 Å². The molecule has 4 N–H and O–H groups in total. The fourth-order valence-corrected chi connectivity index (χ4v) is 14.8. The zero-order valence-electron chi connectivity index (χ0n) is 40.9. The summed E-state index contributed by atoms with van der Waals surface area (Å²) in [4.78, 5) is 67.9. The van der Waals surface area contributed by atoms with Gasteiger partial charge in [0.2, 0.25) is 5.60 Å². The quantitative estimate of drug-likeness (QED) is 0.0895. The number of likely N-dealkylation sites (N-methyl/N-ethyl adjacent to an activating group) is 1. The highest BCUT2D eigenvalue weighted by atomic mass is 16.6. The van der Waals surface area contributed by atoms with E-state index >= 15 is 4.79 Å². The van der Waals surface area contributed by atoms with Gasteiger partial charge < -0.3 is 49.5 Å². The molecule has 1 spiro atoms. The molecule has 2 bridgehead atoms. The van der Waals surface area contributed by atoms with Gasteiger partial charge in [-0.3, -0.25) is 14.5 Å². The van der Waals surface area contributed by atoms with Crippen LogP contribution in [0.3, 0.4) is 0 Å². The Labute approximate surface area is 403 Å². The number of aromatic nitrogens is 1. The molecule has 10 atom stereocenters. The third kappa shape index (κ3) is 6.76. The number of hydrogen-bond donors (Lipinski definition) is 4. The number of benzene rings is 3. The van der Waals surface area contributed by atoms with E-state index in [1.54, 1.807) is 7.11 Å². The van der Waals surface area contributed by atoms with Crippen LogP contribution in [-0.4, -0.2) is 134 Å². The smallest absolute Gasteiger partial charge is 0.344 e. The predicted octanol–water partition coefficient (Wildman–Crippen LogP) is 5.50. The Morgan fingerprint density at radius 3 is 2.36 bits per heavy atom. The molecule has 69 heavy (non-hydrogen) atoms. The number of aromatic amines is 1. The maximum absolute atomic E-state index is 15.7. The van der Waals surface area contributed by atoms with Crippen LogP contribution < -0.4 is 20.3 Å². The van der Waals surface area contributed by atoms with Gasteiger partial charge in [-0.15, -0.1) is 0 Å². The van der Waals surface area contributed by atoms with Crippen molar-refractivity contribution < 1.29 is 43.2 Å². The molecule has 10 rings (SSSR count). The second-order valence-corrected chi connectivity index (χ2v) is 20.6. The minimum atomic E-state index is -2.33. The number of methoxy groups -OCH3 is 3. The Morgan fingerprint density at radius 2 is 1.65 bits per heavy atom. The molecule has 15 heteroatoms. The summed E-state index contributed by atoms with van der Waals surface area (Å²) >= 11 is 0. The first-order valence-corrected chi connectivity index (χ1v) is 24.6. The molecule has 5 aliphatic heterocycles. The van der Waals surface area contributed by atoms with E-state index in [4.69, 9.17) is 18.9 Å². The number of nitrogens with one attached hydrogen (secondary N) is 3. The van der Waals surface area contributed by atoms with Crippen molar-refractivity contribution >= 4 is 40.5 Å². The topological polar surface area (TPSA) is 175 Å². The Morgan fingerprint density at radius 1 is 0.899 bits per heavy atom. The van der Waals surface area contributed by atoms with Gasteiger partial charge in [-0.05, 0) is 79.8 Å². The number of carbonyl (C=O) groups excluding carboxylic acids is 4. The lowest BCUT2D eigenvalue weighted by Crippen LogP contribution is -2.81. The number of anilines is 1. The Hall–Kier alpha value is -5.90. The van der Waals surface area contributed by atoms with Crippen molar-refractivity contribution in [2.45, 2.75) is 106 Å². The van der Waals surface area contributed by atoms with Gasteiger partial charge in [0.05, 0.1) is 32.9 Å². The van der Waals surface area contributed by atoms with Crippen LogP contribution >= 0.6 is 0 Å². The molecule has 0 radical (unpaired) electrons. The van der Waals surface area contributed by atoms with Crippen LogP contribution in [0.5, 0.6) is 5.75 Å². The Balaban J connectivity index is 1.18. The first-order chi connectivity index (χ1) is 33.2. The monoisotopic (exact) mass is 942 g/mol. The number of carbonyl (C=O) groups is 4. The van der Waals surface area contributed by atoms with Crippen molar-refractivity contribution in [2.75, 3.05) is 66.0 Å². The first kappa shape index (κ1) is 46.8. The molecule has 366 valence electrons. The Kier molecular flexibility index (Phi) is 11.7. The number of aliphatic hydroxyl groups is 1. The predicted molar refractivity (Wildman–Crippen MR) is 260 cm³/mol. The molecule has 2 amide bonds. The maximum atomic E-state index is 15.7. The summed E-state index contributed by atoms with van der Waals surface area (Å²) in [5.41, 5.74) is -0.547. The normalized spacial score (nSPS) is 33.1. The van der Waals surface area contributed by atoms with E-state index in [9.17, 15) is 19.5 Å². The number of nitrogens with zero attached hydrogens (tertiary/aromatic N) is 3. The number of esters is 3. The van der Waals surface area contributed by atoms with Gasteiger partial charge in [-0.1, -0.05) is 74.5 Å². The number of para-hydroxylation sites is 1. The molecule has 15 nitrogen and oxygen atoms in total. The number of H-pyrrole nitrogens is 1. The van der Waals surface area contributed by atoms with E-state index < -0.39 is 57.4 Å². The highest BCUT2D eigenvalue weighted by Gasteiger charge is 2.80. The van der Waals surface area contributed by atoms with Gasteiger partial charge in [0, 0.05) is 97.5 Å². The molecule has 6 aliphatic rings. The number of fused-ring (bicyclic) bond motifs is 6. The summed E-state index contributed by atoms with van der Waals surface area (Å²) in [5.74, 6) is -1.64. The number of ether oxygens (including phenoxy) is 4. The number of urea groups is 1. The zero-order chi connectivity index (χ0) is 48.7. The van der Waals surface area contributed by atoms with Gasteiger partial charge in [0.1, 0.15) is 11.2 Å². The van der Waals surface area contributed by atoms with E-state index in [0.717, 1.165) is 39.0 Å². The lowest BCUT2D eigenvalue weighted by molar-refractivity contribution is -0.228. The van der Waals surface area contributed by atoms with Crippen molar-refractivity contribution in [3.05, 3.63) is 107 Å². The number of rotatable bonds is 10. The third-order valence-corrected chi connectivity index (χ3v) is 17.3. The fraction of sp³-hybridized carbons (Fsp3) is 0.519. The average molecular weight is 943 g/mol. The van der Waals surface area contributed by atoms with E-state index in [2.05, 4.69) is 56.6 Å². The lowest BCUT2D eigenvalue weighted by Gasteiger charge is -2.63. The molecule has 1 saturated carbocycles. The average Bonchev–Trinajstić information content (AvgIpc) is 4.02. The van der Waals surface area contributed by atoms with Gasteiger partial charge in [0.25, 0.3) is 0 Å². The summed E-state index contributed by atoms with van der Waals surface area (Å²) in [6.45, 7) is 9.11. The second kappa shape index (κ2) is 17.2. The summed E-state index contributed by atoms with van der Waals surface area (Å²) in [7, 11) is 6.17. The van der Waals surface area contributed by atoms with E-state index in [1.165, 1.54) is 21.1 Å². The molecule has 3 fully saturated rings. The Bertz CT molecular complexity index is 2730. The van der Waals surface area contributed by atoms with Crippen molar-refractivity contribution in [1.82, 2.24) is 25.4 Å². The van der Waals surface area contributed by atoms with Crippen molar-refractivity contribution in [3.8, 4) is 5.75 Å². The second-order valence-electron chi connectivity index (χ2n) is 20.6. The summed E-state index contributed by atoms with van der Waals surface area (Å²) in [5, 5.41) is 21.0. The summed E-state index contributed by atoms with van der Waals surface area (Å²) in [6, 6.07) is 20.5. The molecular weight excluding hydrogens is 877 g/mol. The minimum absolute atomic E-state index is 0.127. The van der Waals surface area contributed by atoms with E-state index in [-0.39, 0.29) is 18.0 Å². The van der Waals surface area contributed by atoms with Crippen molar-refractivity contribution in [3.63, 3.8) is 0 Å². The van der Waals surface area contributed by atoms with Crippen molar-refractivity contribution in [1.29, 1.82) is 0 Å². The highest BCUT2D eigenvalue weighted by molar-refractivity contribution is 5.95. The van der Waals surface area contributed by atoms with Gasteiger partial charge in [-0.2, -0.15) is 0 Å². The van der Waals surface area contributed by atoms with Gasteiger partial charge in [0.15, 0.2) is 6.10 Å². The molecule has 1 aromatic heterocycles. The van der Waals surface area contributed by atoms with Crippen LogP contribution in [0.4, 0.5) is 10.5 Å². The molecule has 1 unspecified atom stereocenters. The summed E-state index contributed by atoms with van der Waals surface area (Å²) < 4.78 is 24.3. The molecule has 6 heterocycles. The standard InChI is InChI=1S/C54H66N6O9/c1-8-50(57-49(64)55-30-34-16-11-10-12-17-34)28-35-29-53(47(62)67-6,43-37(20-24-59(31-35)32-50)36-18-13-14-19-40(36)56-43)39-26-38-41(27-42(39)66-5)58(4)45-52(38)22-25-60-23-15-21-51(9-2,44(52)60)46(69-33(3)61)54(45,65)48(63)68-7/h10-19,21,26-27,35,44-46,56,65H,8-9,20,22-25,28-32H2,1-7H3,(H2,55,57,64)/t35-,44+,45-,46-,50+,51-,52-,53+,54+/m1/s1.